The maximum absolute atomic E-state index is 12.6. The first-order valence-corrected chi connectivity index (χ1v) is 4.23. The second kappa shape index (κ2) is 3.91. The number of halogens is 1. The molecule has 10 heavy (non-hydrogen) atoms. The standard InChI is InChI=1S/C8H16FN/c1-2-8-4-3-6-10(9)7-5-8/h8H,2-7H2,1H3. The van der Waals surface area contributed by atoms with Gasteiger partial charge in [-0.15, -0.1) is 9.60 Å². The lowest BCUT2D eigenvalue weighted by Crippen LogP contribution is -2.13. The highest BCUT2D eigenvalue weighted by Crippen LogP contribution is 2.19. The van der Waals surface area contributed by atoms with Gasteiger partial charge in [0.15, 0.2) is 0 Å². The fourth-order valence-electron chi connectivity index (χ4n) is 1.54. The van der Waals surface area contributed by atoms with E-state index in [1.807, 2.05) is 0 Å². The number of hydrogen-bond acceptors (Lipinski definition) is 1. The Bertz CT molecular complexity index is 95.3. The normalized spacial score (nSPS) is 30.0. The van der Waals surface area contributed by atoms with Gasteiger partial charge in [0, 0.05) is 13.1 Å². The van der Waals surface area contributed by atoms with Crippen LogP contribution in [-0.2, 0) is 0 Å². The molecule has 0 bridgehead atoms. The van der Waals surface area contributed by atoms with Gasteiger partial charge >= 0.3 is 0 Å². The van der Waals surface area contributed by atoms with E-state index < -0.39 is 0 Å². The molecule has 1 nitrogen and oxygen atoms in total. The largest absolute Gasteiger partial charge is 0.146 e. The summed E-state index contributed by atoms with van der Waals surface area (Å²) in [7, 11) is 0. The van der Waals surface area contributed by atoms with E-state index in [-0.39, 0.29) is 0 Å². The molecule has 1 aliphatic heterocycles. The van der Waals surface area contributed by atoms with E-state index in [1.165, 1.54) is 12.8 Å². The lowest BCUT2D eigenvalue weighted by atomic mass is 9.98. The van der Waals surface area contributed by atoms with Gasteiger partial charge in [-0.2, -0.15) is 0 Å². The van der Waals surface area contributed by atoms with Gasteiger partial charge in [-0.1, -0.05) is 13.3 Å². The van der Waals surface area contributed by atoms with Crippen molar-refractivity contribution in [3.63, 3.8) is 0 Å². The highest BCUT2D eigenvalue weighted by molar-refractivity contribution is 4.64. The molecule has 0 aromatic heterocycles. The van der Waals surface area contributed by atoms with Crippen LogP contribution >= 0.6 is 0 Å². The van der Waals surface area contributed by atoms with Crippen molar-refractivity contribution in [3.8, 4) is 0 Å². The second-order valence-corrected chi connectivity index (χ2v) is 3.12. The zero-order valence-electron chi connectivity index (χ0n) is 6.65. The highest BCUT2D eigenvalue weighted by Gasteiger charge is 2.14. The summed E-state index contributed by atoms with van der Waals surface area (Å²) in [6, 6.07) is 0. The Labute approximate surface area is 62.1 Å². The molecule has 0 aromatic carbocycles. The molecule has 0 saturated carbocycles. The van der Waals surface area contributed by atoms with Gasteiger partial charge in [-0.3, -0.25) is 0 Å². The second-order valence-electron chi connectivity index (χ2n) is 3.12. The summed E-state index contributed by atoms with van der Waals surface area (Å²) >= 11 is 0. The molecule has 2 heteroatoms. The van der Waals surface area contributed by atoms with E-state index in [4.69, 9.17) is 0 Å². The van der Waals surface area contributed by atoms with Crippen LogP contribution in [0.15, 0.2) is 0 Å². The van der Waals surface area contributed by atoms with Crippen LogP contribution in [0.5, 0.6) is 0 Å². The van der Waals surface area contributed by atoms with Crippen LogP contribution in [-0.4, -0.2) is 18.2 Å². The first-order valence-electron chi connectivity index (χ1n) is 4.23. The zero-order valence-corrected chi connectivity index (χ0v) is 6.65. The molecule has 0 spiro atoms. The van der Waals surface area contributed by atoms with E-state index in [1.54, 1.807) is 0 Å². The monoisotopic (exact) mass is 145 g/mol. The SMILES string of the molecule is CCC1CCCN(F)CC1. The van der Waals surface area contributed by atoms with E-state index >= 15 is 0 Å². The molecule has 1 unspecified atom stereocenters. The molecule has 1 aliphatic rings. The third kappa shape index (κ3) is 2.25. The summed E-state index contributed by atoms with van der Waals surface area (Å²) < 4.78 is 12.6. The third-order valence-corrected chi connectivity index (χ3v) is 2.37. The lowest BCUT2D eigenvalue weighted by Gasteiger charge is -2.09. The molecule has 60 valence electrons. The first-order chi connectivity index (χ1) is 4.83. The predicted octanol–water partition coefficient (Wildman–Crippen LogP) is 2.38. The Morgan fingerprint density at radius 1 is 1.40 bits per heavy atom. The van der Waals surface area contributed by atoms with Crippen LogP contribution in [0, 0.1) is 5.92 Å². The van der Waals surface area contributed by atoms with Crippen LogP contribution in [0.25, 0.3) is 0 Å². The average molecular weight is 145 g/mol. The van der Waals surface area contributed by atoms with Crippen molar-refractivity contribution in [2.75, 3.05) is 13.1 Å². The maximum atomic E-state index is 12.6. The minimum absolute atomic E-state index is 0.649. The van der Waals surface area contributed by atoms with Gasteiger partial charge in [0.25, 0.3) is 0 Å². The van der Waals surface area contributed by atoms with Crippen molar-refractivity contribution in [1.82, 2.24) is 5.12 Å². The summed E-state index contributed by atoms with van der Waals surface area (Å²) in [5.74, 6) is 0.778. The summed E-state index contributed by atoms with van der Waals surface area (Å²) in [5, 5.41) is 0.954. The highest BCUT2D eigenvalue weighted by atomic mass is 19.2. The molecule has 0 aromatic rings. The third-order valence-electron chi connectivity index (χ3n) is 2.37. The minimum atomic E-state index is 0.649. The number of nitrogens with zero attached hydrogens (tertiary/aromatic N) is 1. The molecule has 0 aliphatic carbocycles. The van der Waals surface area contributed by atoms with Crippen molar-refractivity contribution in [2.24, 2.45) is 5.92 Å². The van der Waals surface area contributed by atoms with Crippen LogP contribution in [0.3, 0.4) is 0 Å². The molecule has 0 N–H and O–H groups in total. The van der Waals surface area contributed by atoms with Crippen molar-refractivity contribution in [1.29, 1.82) is 0 Å². The Kier molecular flexibility index (Phi) is 3.13. The van der Waals surface area contributed by atoms with Gasteiger partial charge in [-0.05, 0) is 25.2 Å². The first kappa shape index (κ1) is 7.99. The fourth-order valence-corrected chi connectivity index (χ4v) is 1.54. The van der Waals surface area contributed by atoms with Gasteiger partial charge in [0.2, 0.25) is 0 Å². The molecule has 1 fully saturated rings. The molecular weight excluding hydrogens is 129 g/mol. The number of rotatable bonds is 1. The van der Waals surface area contributed by atoms with Crippen molar-refractivity contribution < 1.29 is 4.48 Å². The van der Waals surface area contributed by atoms with Crippen LogP contribution in [0.2, 0.25) is 0 Å². The molecule has 0 amide bonds. The Morgan fingerprint density at radius 2 is 2.20 bits per heavy atom. The van der Waals surface area contributed by atoms with Gasteiger partial charge in [0.05, 0.1) is 0 Å². The van der Waals surface area contributed by atoms with Crippen LogP contribution < -0.4 is 0 Å². The summed E-state index contributed by atoms with van der Waals surface area (Å²) in [5.41, 5.74) is 0. The average Bonchev–Trinajstić information content (AvgIpc) is 2.14. The lowest BCUT2D eigenvalue weighted by molar-refractivity contribution is 0.0289. The molecule has 1 saturated heterocycles. The Hall–Kier alpha value is -0.110. The molecular formula is C8H16FN. The number of hydrogen-bond donors (Lipinski definition) is 0. The van der Waals surface area contributed by atoms with E-state index in [0.717, 1.165) is 23.9 Å². The smallest absolute Gasteiger partial charge is 0.0293 e. The van der Waals surface area contributed by atoms with Gasteiger partial charge in [-0.25, -0.2) is 0 Å². The van der Waals surface area contributed by atoms with Crippen LogP contribution in [0.1, 0.15) is 32.6 Å². The summed E-state index contributed by atoms with van der Waals surface area (Å²) in [6.07, 6.45) is 4.52. The van der Waals surface area contributed by atoms with E-state index in [9.17, 15) is 4.48 Å². The summed E-state index contributed by atoms with van der Waals surface area (Å²) in [6.45, 7) is 3.49. The zero-order chi connectivity index (χ0) is 7.40. The maximum Gasteiger partial charge on any atom is 0.0293 e. The molecule has 1 rings (SSSR count). The van der Waals surface area contributed by atoms with E-state index in [0.29, 0.717) is 13.1 Å². The topological polar surface area (TPSA) is 3.24 Å². The van der Waals surface area contributed by atoms with Crippen molar-refractivity contribution >= 4 is 0 Å². The van der Waals surface area contributed by atoms with Crippen molar-refractivity contribution in [2.45, 2.75) is 32.6 Å². The van der Waals surface area contributed by atoms with Gasteiger partial charge in [0.1, 0.15) is 0 Å². The minimum Gasteiger partial charge on any atom is -0.146 e. The van der Waals surface area contributed by atoms with Crippen LogP contribution in [0.4, 0.5) is 4.48 Å². The Balaban J connectivity index is 2.26. The summed E-state index contributed by atoms with van der Waals surface area (Å²) in [4.78, 5) is 0. The molecule has 1 heterocycles. The van der Waals surface area contributed by atoms with Gasteiger partial charge < -0.3 is 0 Å². The Morgan fingerprint density at radius 3 is 2.90 bits per heavy atom. The predicted molar refractivity (Wildman–Crippen MR) is 40.3 cm³/mol. The fraction of sp³-hybridized carbons (Fsp3) is 1.00. The quantitative estimate of drug-likeness (QED) is 0.512. The molecule has 0 radical (unpaired) electrons. The van der Waals surface area contributed by atoms with Crippen molar-refractivity contribution in [3.05, 3.63) is 0 Å². The molecule has 1 atom stereocenters. The van der Waals surface area contributed by atoms with E-state index in [2.05, 4.69) is 6.92 Å².